The van der Waals surface area contributed by atoms with Gasteiger partial charge in [0.15, 0.2) is 0 Å². The molecule has 0 unspecified atom stereocenters. The van der Waals surface area contributed by atoms with Gasteiger partial charge in [-0.3, -0.25) is 0 Å². The Morgan fingerprint density at radius 1 is 1.09 bits per heavy atom. The zero-order valence-corrected chi connectivity index (χ0v) is 13.7. The van der Waals surface area contributed by atoms with E-state index in [-0.39, 0.29) is 11.5 Å². The van der Waals surface area contributed by atoms with Crippen LogP contribution in [0.15, 0.2) is 47.1 Å². The normalized spacial score (nSPS) is 18.1. The maximum atomic E-state index is 9.67. The molecule has 1 aliphatic heterocycles. The summed E-state index contributed by atoms with van der Waals surface area (Å²) in [5, 5.41) is 19.1. The number of nitrogens with zero attached hydrogens (tertiary/aromatic N) is 2. The largest absolute Gasteiger partial charge is 0.497 e. The predicted molar refractivity (Wildman–Crippen MR) is 85.7 cm³/mol. The van der Waals surface area contributed by atoms with Crippen LogP contribution in [-0.4, -0.2) is 7.11 Å². The summed E-state index contributed by atoms with van der Waals surface area (Å²) in [4.78, 5) is 0. The predicted octanol–water partition coefficient (Wildman–Crippen LogP) is 3.33. The van der Waals surface area contributed by atoms with Crippen molar-refractivity contribution in [2.75, 3.05) is 7.11 Å². The van der Waals surface area contributed by atoms with Crippen LogP contribution >= 0.6 is 0 Å². The van der Waals surface area contributed by atoms with E-state index in [9.17, 15) is 10.5 Å². The molecule has 0 fully saturated rings. The molecule has 1 heterocycles. The van der Waals surface area contributed by atoms with E-state index in [1.807, 2.05) is 32.9 Å². The fourth-order valence-electron chi connectivity index (χ4n) is 2.56. The molecule has 2 N–H and O–H groups in total. The minimum absolute atomic E-state index is 0.0530. The quantitative estimate of drug-likeness (QED) is 0.904. The van der Waals surface area contributed by atoms with Gasteiger partial charge in [0.2, 0.25) is 5.88 Å². The highest BCUT2D eigenvalue weighted by atomic mass is 16.5. The standard InChI is InChI=1S/C18H19N3O2/c1-18(2,3)16-13(9-19)15(14(10-20)17(21)23-16)11-5-7-12(22-4)8-6-11/h5-8,15H,21H2,1-4H3/t15-/m1/s1. The van der Waals surface area contributed by atoms with Crippen molar-refractivity contribution in [2.24, 2.45) is 11.1 Å². The summed E-state index contributed by atoms with van der Waals surface area (Å²) >= 11 is 0. The lowest BCUT2D eigenvalue weighted by atomic mass is 9.79. The Morgan fingerprint density at radius 2 is 1.65 bits per heavy atom. The molecule has 0 amide bonds. The zero-order chi connectivity index (χ0) is 17.2. The molecular formula is C18H19N3O2. The Labute approximate surface area is 136 Å². The summed E-state index contributed by atoms with van der Waals surface area (Å²) in [5.74, 6) is 0.725. The van der Waals surface area contributed by atoms with Crippen molar-refractivity contribution in [3.05, 3.63) is 52.6 Å². The summed E-state index contributed by atoms with van der Waals surface area (Å²) in [6.45, 7) is 5.82. The molecule has 0 radical (unpaired) electrons. The minimum Gasteiger partial charge on any atom is -0.497 e. The van der Waals surface area contributed by atoms with Gasteiger partial charge in [-0.1, -0.05) is 32.9 Å². The second-order valence-electron chi connectivity index (χ2n) is 6.30. The number of nitriles is 2. The molecule has 2 rings (SSSR count). The number of methoxy groups -OCH3 is 1. The number of hydrogen-bond donors (Lipinski definition) is 1. The van der Waals surface area contributed by atoms with Crippen molar-refractivity contribution in [3.63, 3.8) is 0 Å². The van der Waals surface area contributed by atoms with Crippen molar-refractivity contribution in [2.45, 2.75) is 26.7 Å². The van der Waals surface area contributed by atoms with E-state index in [2.05, 4.69) is 12.1 Å². The summed E-state index contributed by atoms with van der Waals surface area (Å²) in [5.41, 5.74) is 7.00. The number of benzene rings is 1. The molecule has 0 saturated carbocycles. The van der Waals surface area contributed by atoms with E-state index in [4.69, 9.17) is 15.2 Å². The molecule has 1 aliphatic rings. The molecule has 5 heteroatoms. The van der Waals surface area contributed by atoms with E-state index in [0.29, 0.717) is 17.1 Å². The first-order valence-corrected chi connectivity index (χ1v) is 7.19. The van der Waals surface area contributed by atoms with E-state index in [1.54, 1.807) is 19.2 Å². The molecule has 23 heavy (non-hydrogen) atoms. The molecule has 5 nitrogen and oxygen atoms in total. The molecule has 1 atom stereocenters. The van der Waals surface area contributed by atoms with Crippen LogP contribution in [0.3, 0.4) is 0 Å². The molecule has 118 valence electrons. The highest BCUT2D eigenvalue weighted by molar-refractivity contribution is 5.54. The molecule has 0 spiro atoms. The maximum Gasteiger partial charge on any atom is 0.205 e. The maximum absolute atomic E-state index is 9.67. The van der Waals surface area contributed by atoms with E-state index < -0.39 is 11.3 Å². The van der Waals surface area contributed by atoms with Crippen LogP contribution in [0.25, 0.3) is 0 Å². The highest BCUT2D eigenvalue weighted by Crippen LogP contribution is 2.44. The van der Waals surface area contributed by atoms with Gasteiger partial charge in [-0.15, -0.1) is 0 Å². The molecule has 0 bridgehead atoms. The molecule has 1 aromatic rings. The third-order valence-corrected chi connectivity index (χ3v) is 3.67. The fraction of sp³-hybridized carbons (Fsp3) is 0.333. The molecule has 0 aliphatic carbocycles. The Hall–Kier alpha value is -2.92. The minimum atomic E-state index is -0.529. The molecule has 0 aromatic heterocycles. The van der Waals surface area contributed by atoms with Gasteiger partial charge in [-0.2, -0.15) is 10.5 Å². The van der Waals surface area contributed by atoms with Crippen molar-refractivity contribution in [3.8, 4) is 17.9 Å². The zero-order valence-electron chi connectivity index (χ0n) is 13.7. The van der Waals surface area contributed by atoms with Crippen LogP contribution in [0.5, 0.6) is 5.75 Å². The lowest BCUT2D eigenvalue weighted by Crippen LogP contribution is -2.26. The van der Waals surface area contributed by atoms with Crippen LogP contribution in [0, 0.1) is 28.1 Å². The third kappa shape index (κ3) is 3.00. The molecule has 1 aromatic carbocycles. The first kappa shape index (κ1) is 16.5. The Bertz CT molecular complexity index is 753. The van der Waals surface area contributed by atoms with Crippen LogP contribution in [0.4, 0.5) is 0 Å². The lowest BCUT2D eigenvalue weighted by Gasteiger charge is -2.32. The number of nitrogens with two attached hydrogens (primary N) is 1. The summed E-state index contributed by atoms with van der Waals surface area (Å²) in [6.07, 6.45) is 0. The average molecular weight is 309 g/mol. The topological polar surface area (TPSA) is 92.1 Å². The second kappa shape index (κ2) is 6.06. The van der Waals surface area contributed by atoms with E-state index in [0.717, 1.165) is 5.56 Å². The van der Waals surface area contributed by atoms with Crippen LogP contribution < -0.4 is 10.5 Å². The number of hydrogen-bond acceptors (Lipinski definition) is 5. The van der Waals surface area contributed by atoms with Crippen molar-refractivity contribution >= 4 is 0 Å². The van der Waals surface area contributed by atoms with Crippen LogP contribution in [0.1, 0.15) is 32.3 Å². The molecular weight excluding hydrogens is 290 g/mol. The Balaban J connectivity index is 2.66. The summed E-state index contributed by atoms with van der Waals surface area (Å²) in [6, 6.07) is 11.5. The van der Waals surface area contributed by atoms with Crippen LogP contribution in [0.2, 0.25) is 0 Å². The van der Waals surface area contributed by atoms with Gasteiger partial charge >= 0.3 is 0 Å². The van der Waals surface area contributed by atoms with Gasteiger partial charge < -0.3 is 15.2 Å². The number of allylic oxidation sites excluding steroid dienone is 3. The van der Waals surface area contributed by atoms with Gasteiger partial charge in [-0.25, -0.2) is 0 Å². The van der Waals surface area contributed by atoms with Crippen molar-refractivity contribution in [1.29, 1.82) is 10.5 Å². The van der Waals surface area contributed by atoms with Crippen molar-refractivity contribution < 1.29 is 9.47 Å². The number of ether oxygens (including phenoxy) is 2. The monoisotopic (exact) mass is 309 g/mol. The highest BCUT2D eigenvalue weighted by Gasteiger charge is 2.37. The van der Waals surface area contributed by atoms with Crippen LogP contribution in [-0.2, 0) is 4.74 Å². The fourth-order valence-corrected chi connectivity index (χ4v) is 2.56. The van der Waals surface area contributed by atoms with Gasteiger partial charge in [0.05, 0.1) is 24.7 Å². The third-order valence-electron chi connectivity index (χ3n) is 3.67. The van der Waals surface area contributed by atoms with Crippen molar-refractivity contribution in [1.82, 2.24) is 0 Å². The first-order valence-electron chi connectivity index (χ1n) is 7.19. The summed E-state index contributed by atoms with van der Waals surface area (Å²) in [7, 11) is 1.58. The van der Waals surface area contributed by atoms with Gasteiger partial charge in [0.25, 0.3) is 0 Å². The first-order chi connectivity index (χ1) is 10.8. The van der Waals surface area contributed by atoms with Gasteiger partial charge in [-0.05, 0) is 17.7 Å². The van der Waals surface area contributed by atoms with E-state index in [1.165, 1.54) is 0 Å². The second-order valence-corrected chi connectivity index (χ2v) is 6.30. The lowest BCUT2D eigenvalue weighted by molar-refractivity contribution is 0.199. The Morgan fingerprint density at radius 3 is 2.09 bits per heavy atom. The van der Waals surface area contributed by atoms with Gasteiger partial charge in [0, 0.05) is 5.41 Å². The summed E-state index contributed by atoms with van der Waals surface area (Å²) < 4.78 is 10.8. The Kier molecular flexibility index (Phi) is 4.33. The number of rotatable bonds is 2. The SMILES string of the molecule is COc1ccc([C@H]2C(C#N)=C(N)OC(C(C)(C)C)=C2C#N)cc1. The smallest absolute Gasteiger partial charge is 0.205 e. The molecule has 0 saturated heterocycles. The van der Waals surface area contributed by atoms with E-state index >= 15 is 0 Å². The average Bonchev–Trinajstić information content (AvgIpc) is 2.53. The van der Waals surface area contributed by atoms with Gasteiger partial charge in [0.1, 0.15) is 23.2 Å².